The molecule has 0 aromatic carbocycles. The normalized spacial score (nSPS) is 13.8. The molecule has 0 aromatic heterocycles. The molecule has 0 heterocycles. The Bertz CT molecular complexity index is 100. The van der Waals surface area contributed by atoms with Gasteiger partial charge in [0.25, 0.3) is 0 Å². The molecule has 0 saturated carbocycles. The maximum atomic E-state index is 5.28. The van der Waals surface area contributed by atoms with Crippen LogP contribution in [0.5, 0.6) is 0 Å². The molecule has 0 aromatic rings. The van der Waals surface area contributed by atoms with Gasteiger partial charge in [-0.15, -0.1) is 5.06 Å². The lowest BCUT2D eigenvalue weighted by Crippen LogP contribution is -2.35. The third-order valence-electron chi connectivity index (χ3n) is 1.31. The van der Waals surface area contributed by atoms with Gasteiger partial charge in [-0.1, -0.05) is 6.92 Å². The summed E-state index contributed by atoms with van der Waals surface area (Å²) in [6, 6.07) is 0. The summed E-state index contributed by atoms with van der Waals surface area (Å²) in [5.41, 5.74) is 0. The maximum absolute atomic E-state index is 5.28. The number of hydrogen-bond acceptors (Lipinski definition) is 4. The van der Waals surface area contributed by atoms with Crippen LogP contribution in [0.2, 0.25) is 0 Å². The molecule has 0 N–H and O–H groups in total. The monoisotopic (exact) mass is 177 g/mol. The van der Waals surface area contributed by atoms with Gasteiger partial charge in [0, 0.05) is 20.8 Å². The van der Waals surface area contributed by atoms with Crippen molar-refractivity contribution in [3.05, 3.63) is 0 Å². The number of hydrogen-bond donors (Lipinski definition) is 0. The van der Waals surface area contributed by atoms with Crippen LogP contribution in [-0.2, 0) is 14.3 Å². The molecule has 1 atom stereocenters. The van der Waals surface area contributed by atoms with E-state index in [1.165, 1.54) is 0 Å². The highest BCUT2D eigenvalue weighted by Crippen LogP contribution is 2.00. The van der Waals surface area contributed by atoms with Crippen LogP contribution in [0.1, 0.15) is 20.3 Å². The summed E-state index contributed by atoms with van der Waals surface area (Å²) in [6.07, 6.45) is 0.578. The molecular formula is C8H19NO3. The number of methoxy groups -OCH3 is 1. The van der Waals surface area contributed by atoms with E-state index in [2.05, 4.69) is 6.92 Å². The molecule has 0 bridgehead atoms. The van der Waals surface area contributed by atoms with Crippen molar-refractivity contribution in [1.82, 2.24) is 5.06 Å². The largest absolute Gasteiger partial charge is 0.342 e. The second-order valence-electron chi connectivity index (χ2n) is 2.38. The van der Waals surface area contributed by atoms with Gasteiger partial charge in [0.2, 0.25) is 6.41 Å². The van der Waals surface area contributed by atoms with Crippen molar-refractivity contribution >= 4 is 0 Å². The van der Waals surface area contributed by atoms with Crippen molar-refractivity contribution in [3.63, 3.8) is 0 Å². The zero-order chi connectivity index (χ0) is 9.40. The van der Waals surface area contributed by atoms with Crippen LogP contribution < -0.4 is 0 Å². The molecule has 0 saturated heterocycles. The number of hydroxylamine groups is 2. The molecule has 0 radical (unpaired) electrons. The summed E-state index contributed by atoms with van der Waals surface area (Å²) in [5, 5.41) is 1.58. The van der Waals surface area contributed by atoms with Gasteiger partial charge in [0.1, 0.15) is 0 Å². The average molecular weight is 177 g/mol. The maximum Gasteiger partial charge on any atom is 0.240 e. The lowest BCUT2D eigenvalue weighted by Gasteiger charge is -2.24. The third-order valence-corrected chi connectivity index (χ3v) is 1.31. The van der Waals surface area contributed by atoms with Crippen molar-refractivity contribution in [1.29, 1.82) is 0 Å². The summed E-state index contributed by atoms with van der Waals surface area (Å²) in [4.78, 5) is 5.28. The van der Waals surface area contributed by atoms with Gasteiger partial charge in [-0.25, -0.2) is 0 Å². The standard InChI is InChI=1S/C8H19NO3/c1-5-7-12-9(3)8(10-4)11-6-2/h8H,5-7H2,1-4H3. The number of rotatable bonds is 7. The van der Waals surface area contributed by atoms with Crippen LogP contribution in [0, 0.1) is 0 Å². The molecule has 0 amide bonds. The van der Waals surface area contributed by atoms with E-state index in [1.807, 2.05) is 6.92 Å². The molecule has 0 rings (SSSR count). The minimum absolute atomic E-state index is 0.401. The van der Waals surface area contributed by atoms with Gasteiger partial charge in [0.15, 0.2) is 0 Å². The molecule has 0 fully saturated rings. The molecule has 0 aliphatic rings. The Morgan fingerprint density at radius 3 is 2.42 bits per heavy atom. The van der Waals surface area contributed by atoms with Gasteiger partial charge in [-0.3, -0.25) is 4.84 Å². The highest BCUT2D eigenvalue weighted by Gasteiger charge is 2.13. The quantitative estimate of drug-likeness (QED) is 0.432. The number of nitrogens with zero attached hydrogens (tertiary/aromatic N) is 1. The smallest absolute Gasteiger partial charge is 0.240 e. The molecular weight excluding hydrogens is 158 g/mol. The SMILES string of the molecule is CCCON(C)C(OC)OCC. The minimum atomic E-state index is -0.401. The molecule has 4 heteroatoms. The van der Waals surface area contributed by atoms with Crippen molar-refractivity contribution in [2.75, 3.05) is 27.4 Å². The van der Waals surface area contributed by atoms with E-state index in [4.69, 9.17) is 14.3 Å². The minimum Gasteiger partial charge on any atom is -0.342 e. The second-order valence-corrected chi connectivity index (χ2v) is 2.38. The summed E-state index contributed by atoms with van der Waals surface area (Å²) >= 11 is 0. The van der Waals surface area contributed by atoms with E-state index in [0.29, 0.717) is 13.2 Å². The number of ether oxygens (including phenoxy) is 2. The van der Waals surface area contributed by atoms with E-state index >= 15 is 0 Å². The molecule has 1 unspecified atom stereocenters. The van der Waals surface area contributed by atoms with Gasteiger partial charge in [-0.2, -0.15) is 0 Å². The Kier molecular flexibility index (Phi) is 7.39. The highest BCUT2D eigenvalue weighted by molar-refractivity contribution is 4.32. The Morgan fingerprint density at radius 1 is 1.33 bits per heavy atom. The summed E-state index contributed by atoms with van der Waals surface area (Å²) in [5.74, 6) is 0. The summed E-state index contributed by atoms with van der Waals surface area (Å²) in [6.45, 7) is 5.26. The van der Waals surface area contributed by atoms with E-state index in [1.54, 1.807) is 19.2 Å². The Balaban J connectivity index is 3.60. The first-order valence-corrected chi connectivity index (χ1v) is 4.26. The Labute approximate surface area is 74.3 Å². The highest BCUT2D eigenvalue weighted by atomic mass is 16.8. The zero-order valence-electron chi connectivity index (χ0n) is 8.37. The first-order valence-electron chi connectivity index (χ1n) is 4.26. The van der Waals surface area contributed by atoms with Gasteiger partial charge in [-0.05, 0) is 13.3 Å². The van der Waals surface area contributed by atoms with E-state index in [0.717, 1.165) is 6.42 Å². The topological polar surface area (TPSA) is 30.9 Å². The second kappa shape index (κ2) is 7.49. The molecule has 0 aliphatic carbocycles. The van der Waals surface area contributed by atoms with Crippen molar-refractivity contribution in [2.24, 2.45) is 0 Å². The van der Waals surface area contributed by atoms with Crippen molar-refractivity contribution in [3.8, 4) is 0 Å². The van der Waals surface area contributed by atoms with Crippen LogP contribution in [0.15, 0.2) is 0 Å². The zero-order valence-corrected chi connectivity index (χ0v) is 8.37. The predicted octanol–water partition coefficient (Wildman–Crippen LogP) is 1.23. The van der Waals surface area contributed by atoms with Crippen LogP contribution in [0.4, 0.5) is 0 Å². The Morgan fingerprint density at radius 2 is 2.00 bits per heavy atom. The van der Waals surface area contributed by atoms with E-state index in [9.17, 15) is 0 Å². The average Bonchev–Trinajstić information content (AvgIpc) is 2.10. The van der Waals surface area contributed by atoms with E-state index < -0.39 is 6.41 Å². The lowest BCUT2D eigenvalue weighted by molar-refractivity contribution is -0.319. The lowest BCUT2D eigenvalue weighted by atomic mass is 10.5. The molecule has 0 spiro atoms. The first-order chi connectivity index (χ1) is 5.76. The molecule has 4 nitrogen and oxygen atoms in total. The van der Waals surface area contributed by atoms with Crippen LogP contribution in [0.25, 0.3) is 0 Å². The van der Waals surface area contributed by atoms with Crippen molar-refractivity contribution < 1.29 is 14.3 Å². The first kappa shape index (κ1) is 11.8. The van der Waals surface area contributed by atoms with Gasteiger partial charge in [0.05, 0.1) is 6.61 Å². The Hall–Kier alpha value is -0.160. The molecule has 12 heavy (non-hydrogen) atoms. The van der Waals surface area contributed by atoms with Crippen LogP contribution in [0.3, 0.4) is 0 Å². The van der Waals surface area contributed by atoms with Gasteiger partial charge < -0.3 is 9.47 Å². The molecule has 74 valence electrons. The van der Waals surface area contributed by atoms with Crippen LogP contribution >= 0.6 is 0 Å². The van der Waals surface area contributed by atoms with Gasteiger partial charge >= 0.3 is 0 Å². The van der Waals surface area contributed by atoms with E-state index in [-0.39, 0.29) is 0 Å². The predicted molar refractivity (Wildman–Crippen MR) is 46.4 cm³/mol. The fraction of sp³-hybridized carbons (Fsp3) is 1.00. The fourth-order valence-electron chi connectivity index (χ4n) is 0.760. The van der Waals surface area contributed by atoms with Crippen LogP contribution in [-0.4, -0.2) is 38.8 Å². The fourth-order valence-corrected chi connectivity index (χ4v) is 0.760. The summed E-state index contributed by atoms with van der Waals surface area (Å²) < 4.78 is 10.3. The molecule has 0 aliphatic heterocycles. The summed E-state index contributed by atoms with van der Waals surface area (Å²) in [7, 11) is 3.38. The van der Waals surface area contributed by atoms with Crippen molar-refractivity contribution in [2.45, 2.75) is 26.7 Å². The third kappa shape index (κ3) is 4.66.